The first-order valence-corrected chi connectivity index (χ1v) is 3.51. The van der Waals surface area contributed by atoms with Gasteiger partial charge in [-0.1, -0.05) is 0 Å². The first kappa shape index (κ1) is 9.82. The van der Waals surface area contributed by atoms with E-state index in [1.54, 1.807) is 0 Å². The van der Waals surface area contributed by atoms with Crippen molar-refractivity contribution in [3.05, 3.63) is 0 Å². The number of alkyl halides is 1. The number of hydrogen-bond acceptors (Lipinski definition) is 5. The van der Waals surface area contributed by atoms with Crippen LogP contribution in [0.15, 0.2) is 0 Å². The Kier molecular flexibility index (Phi) is 2.64. The van der Waals surface area contributed by atoms with Gasteiger partial charge in [0.1, 0.15) is 30.5 Å². The quantitative estimate of drug-likeness (QED) is 0.277. The Morgan fingerprint density at radius 1 is 0.583 bits per heavy atom. The number of hydrogen-bond donors (Lipinski definition) is 5. The predicted octanol–water partition coefficient (Wildman–Crippen LogP) is -2.86. The van der Waals surface area contributed by atoms with Gasteiger partial charge in [-0.25, -0.2) is 4.39 Å². The first-order chi connectivity index (χ1) is 5.46. The van der Waals surface area contributed by atoms with E-state index in [1.807, 2.05) is 0 Å². The van der Waals surface area contributed by atoms with Crippen LogP contribution in [0.4, 0.5) is 4.39 Å². The van der Waals surface area contributed by atoms with Gasteiger partial charge in [-0.2, -0.15) is 0 Å². The lowest BCUT2D eigenvalue weighted by atomic mass is 9.86. The molecule has 0 bridgehead atoms. The summed E-state index contributed by atoms with van der Waals surface area (Å²) in [7, 11) is 0. The lowest BCUT2D eigenvalue weighted by Gasteiger charge is -2.38. The molecule has 12 heavy (non-hydrogen) atoms. The molecular formula is C6H11FO5. The van der Waals surface area contributed by atoms with E-state index in [0.717, 1.165) is 0 Å². The highest BCUT2D eigenvalue weighted by molar-refractivity contribution is 4.98. The van der Waals surface area contributed by atoms with Crippen molar-refractivity contribution in [3.8, 4) is 0 Å². The lowest BCUT2D eigenvalue weighted by Crippen LogP contribution is -2.62. The van der Waals surface area contributed by atoms with Crippen molar-refractivity contribution in [2.45, 2.75) is 36.7 Å². The lowest BCUT2D eigenvalue weighted by molar-refractivity contribution is -0.206. The molecule has 0 aromatic carbocycles. The molecule has 0 amide bonds. The highest BCUT2D eigenvalue weighted by Gasteiger charge is 2.48. The van der Waals surface area contributed by atoms with E-state index in [1.165, 1.54) is 0 Å². The van der Waals surface area contributed by atoms with E-state index in [0.29, 0.717) is 0 Å². The largest absolute Gasteiger partial charge is 0.387 e. The molecule has 0 aromatic heterocycles. The molecule has 0 aliphatic heterocycles. The molecule has 1 rings (SSSR count). The Balaban J connectivity index is 2.76. The van der Waals surface area contributed by atoms with Gasteiger partial charge in [0, 0.05) is 0 Å². The molecule has 4 atom stereocenters. The molecule has 1 fully saturated rings. The smallest absolute Gasteiger partial charge is 0.157 e. The molecule has 1 saturated carbocycles. The molecule has 0 heterocycles. The summed E-state index contributed by atoms with van der Waals surface area (Å²) in [5, 5.41) is 44.4. The van der Waals surface area contributed by atoms with Crippen LogP contribution in [-0.4, -0.2) is 62.2 Å². The molecule has 4 unspecified atom stereocenters. The van der Waals surface area contributed by atoms with E-state index < -0.39 is 36.7 Å². The van der Waals surface area contributed by atoms with Crippen molar-refractivity contribution in [1.82, 2.24) is 0 Å². The van der Waals surface area contributed by atoms with Crippen LogP contribution in [0.2, 0.25) is 0 Å². The second-order valence-corrected chi connectivity index (χ2v) is 2.90. The molecule has 6 heteroatoms. The number of aliphatic hydroxyl groups is 5. The highest BCUT2D eigenvalue weighted by Crippen LogP contribution is 2.23. The van der Waals surface area contributed by atoms with Crippen LogP contribution in [0.3, 0.4) is 0 Å². The molecular weight excluding hydrogens is 171 g/mol. The molecule has 0 spiro atoms. The average molecular weight is 182 g/mol. The molecule has 0 saturated heterocycles. The average Bonchev–Trinajstić information content (AvgIpc) is 2.08. The van der Waals surface area contributed by atoms with Crippen molar-refractivity contribution in [2.75, 3.05) is 0 Å². The molecule has 1 aliphatic rings. The number of aliphatic hydroxyl groups excluding tert-OH is 5. The van der Waals surface area contributed by atoms with Crippen molar-refractivity contribution < 1.29 is 29.9 Å². The minimum Gasteiger partial charge on any atom is -0.387 e. The van der Waals surface area contributed by atoms with E-state index in [2.05, 4.69) is 0 Å². The van der Waals surface area contributed by atoms with Gasteiger partial charge in [0.25, 0.3) is 0 Å². The van der Waals surface area contributed by atoms with Crippen LogP contribution in [0.5, 0.6) is 0 Å². The molecule has 0 aromatic rings. The zero-order valence-corrected chi connectivity index (χ0v) is 6.08. The van der Waals surface area contributed by atoms with Crippen molar-refractivity contribution in [2.24, 2.45) is 0 Å². The first-order valence-electron chi connectivity index (χ1n) is 3.51. The fraction of sp³-hybridized carbons (Fsp3) is 1.00. The fourth-order valence-corrected chi connectivity index (χ4v) is 1.18. The molecule has 5 nitrogen and oxygen atoms in total. The zero-order chi connectivity index (χ0) is 9.46. The third-order valence-electron chi connectivity index (χ3n) is 2.05. The monoisotopic (exact) mass is 182 g/mol. The van der Waals surface area contributed by atoms with Crippen LogP contribution in [0.25, 0.3) is 0 Å². The summed E-state index contributed by atoms with van der Waals surface area (Å²) in [6.45, 7) is 0. The number of halogens is 1. The van der Waals surface area contributed by atoms with E-state index >= 15 is 0 Å². The maximum absolute atomic E-state index is 12.7. The van der Waals surface area contributed by atoms with Gasteiger partial charge in [-0.05, 0) is 0 Å². The van der Waals surface area contributed by atoms with Gasteiger partial charge in [0.15, 0.2) is 6.17 Å². The zero-order valence-electron chi connectivity index (χ0n) is 6.08. The van der Waals surface area contributed by atoms with Gasteiger partial charge in [0.2, 0.25) is 0 Å². The summed E-state index contributed by atoms with van der Waals surface area (Å²) in [4.78, 5) is 0. The minimum absolute atomic E-state index is 1.72. The van der Waals surface area contributed by atoms with Gasteiger partial charge in [-0.15, -0.1) is 0 Å². The highest BCUT2D eigenvalue weighted by atomic mass is 19.1. The predicted molar refractivity (Wildman–Crippen MR) is 34.9 cm³/mol. The second kappa shape index (κ2) is 3.23. The third-order valence-corrected chi connectivity index (χ3v) is 2.05. The minimum atomic E-state index is -2.14. The Morgan fingerprint density at radius 3 is 1.17 bits per heavy atom. The van der Waals surface area contributed by atoms with E-state index in [4.69, 9.17) is 25.5 Å². The Hall–Kier alpha value is -0.270. The maximum atomic E-state index is 12.7. The van der Waals surface area contributed by atoms with E-state index in [9.17, 15) is 4.39 Å². The molecule has 1 aliphatic carbocycles. The summed E-state index contributed by atoms with van der Waals surface area (Å²) < 4.78 is 12.7. The van der Waals surface area contributed by atoms with Crippen molar-refractivity contribution >= 4 is 0 Å². The third kappa shape index (κ3) is 1.32. The second-order valence-electron chi connectivity index (χ2n) is 2.90. The van der Waals surface area contributed by atoms with Crippen LogP contribution < -0.4 is 0 Å². The van der Waals surface area contributed by atoms with Gasteiger partial charge < -0.3 is 25.5 Å². The summed E-state index contributed by atoms with van der Waals surface area (Å²) in [5.74, 6) is 0. The van der Waals surface area contributed by atoms with Crippen LogP contribution >= 0.6 is 0 Å². The summed E-state index contributed by atoms with van der Waals surface area (Å²) in [6, 6.07) is 0. The van der Waals surface area contributed by atoms with Gasteiger partial charge >= 0.3 is 0 Å². The van der Waals surface area contributed by atoms with Crippen molar-refractivity contribution in [1.29, 1.82) is 0 Å². The van der Waals surface area contributed by atoms with Crippen LogP contribution in [0.1, 0.15) is 0 Å². The summed E-state index contributed by atoms with van der Waals surface area (Å²) in [6.07, 6.45) is -11.1. The number of rotatable bonds is 0. The van der Waals surface area contributed by atoms with Gasteiger partial charge in [0.05, 0.1) is 0 Å². The van der Waals surface area contributed by atoms with Crippen LogP contribution in [-0.2, 0) is 0 Å². The van der Waals surface area contributed by atoms with E-state index in [-0.39, 0.29) is 0 Å². The molecule has 72 valence electrons. The molecule has 5 N–H and O–H groups in total. The van der Waals surface area contributed by atoms with Crippen molar-refractivity contribution in [3.63, 3.8) is 0 Å². The van der Waals surface area contributed by atoms with Gasteiger partial charge in [-0.3, -0.25) is 0 Å². The standard InChI is InChI=1S/C6H11FO5/c7-1-2(8)4(10)6(12)5(11)3(1)9/h1-6,8-12H. The SMILES string of the molecule is OC1C(O)C(O)C(F)C(O)C1O. The Bertz CT molecular complexity index is 107. The normalized spacial score (nSPS) is 55.5. The maximum Gasteiger partial charge on any atom is 0.157 e. The fourth-order valence-electron chi connectivity index (χ4n) is 1.18. The topological polar surface area (TPSA) is 101 Å². The van der Waals surface area contributed by atoms with Crippen LogP contribution in [0, 0.1) is 0 Å². The Labute approximate surface area is 67.7 Å². The summed E-state index contributed by atoms with van der Waals surface area (Å²) in [5.41, 5.74) is 0. The summed E-state index contributed by atoms with van der Waals surface area (Å²) >= 11 is 0. The Morgan fingerprint density at radius 2 is 0.833 bits per heavy atom. The molecule has 0 radical (unpaired) electrons.